The van der Waals surface area contributed by atoms with Crippen molar-refractivity contribution in [2.75, 3.05) is 0 Å². The summed E-state index contributed by atoms with van der Waals surface area (Å²) in [5.74, 6) is 0.817. The Labute approximate surface area is 118 Å². The van der Waals surface area contributed by atoms with E-state index < -0.39 is 12.2 Å². The number of rotatable bonds is 5. The van der Waals surface area contributed by atoms with Gasteiger partial charge in [0.2, 0.25) is 0 Å². The van der Waals surface area contributed by atoms with Gasteiger partial charge in [-0.15, -0.1) is 0 Å². The Kier molecular flexibility index (Phi) is 3.72. The van der Waals surface area contributed by atoms with E-state index in [1.165, 1.54) is 0 Å². The first kappa shape index (κ1) is 13.2. The van der Waals surface area contributed by atoms with Crippen molar-refractivity contribution in [3.8, 4) is 5.75 Å². The van der Waals surface area contributed by atoms with Crippen LogP contribution < -0.4 is 4.74 Å². The molecule has 1 aliphatic rings. The topological polar surface area (TPSA) is 49.7 Å². The van der Waals surface area contributed by atoms with Gasteiger partial charge in [-0.05, 0) is 36.1 Å². The van der Waals surface area contributed by atoms with Gasteiger partial charge in [0.1, 0.15) is 18.0 Å². The summed E-state index contributed by atoms with van der Waals surface area (Å²) in [5, 5.41) is 20.4. The van der Waals surface area contributed by atoms with Crippen molar-refractivity contribution in [2.45, 2.75) is 31.2 Å². The molecular formula is C17H18O3. The molecule has 0 saturated heterocycles. The van der Waals surface area contributed by atoms with Crippen LogP contribution in [0.2, 0.25) is 0 Å². The molecular weight excluding hydrogens is 252 g/mol. The van der Waals surface area contributed by atoms with Crippen LogP contribution in [-0.4, -0.2) is 16.3 Å². The van der Waals surface area contributed by atoms with Crippen molar-refractivity contribution in [3.63, 3.8) is 0 Å². The van der Waals surface area contributed by atoms with Crippen LogP contribution >= 0.6 is 0 Å². The smallest absolute Gasteiger partial charge is 0.119 e. The van der Waals surface area contributed by atoms with Gasteiger partial charge in [0.05, 0.1) is 6.10 Å². The van der Waals surface area contributed by atoms with Crippen LogP contribution in [0.5, 0.6) is 5.75 Å². The van der Waals surface area contributed by atoms with Crippen molar-refractivity contribution < 1.29 is 14.9 Å². The van der Waals surface area contributed by atoms with Crippen molar-refractivity contribution in [1.29, 1.82) is 0 Å². The van der Waals surface area contributed by atoms with E-state index in [-0.39, 0.29) is 0 Å². The summed E-state index contributed by atoms with van der Waals surface area (Å²) in [7, 11) is 0. The van der Waals surface area contributed by atoms with Gasteiger partial charge in [-0.2, -0.15) is 0 Å². The molecule has 2 aromatic carbocycles. The molecule has 2 N–H and O–H groups in total. The van der Waals surface area contributed by atoms with E-state index in [9.17, 15) is 10.2 Å². The van der Waals surface area contributed by atoms with Crippen LogP contribution in [0.15, 0.2) is 54.6 Å². The monoisotopic (exact) mass is 270 g/mol. The van der Waals surface area contributed by atoms with Gasteiger partial charge >= 0.3 is 0 Å². The van der Waals surface area contributed by atoms with Gasteiger partial charge in [0, 0.05) is 0 Å². The Balaban J connectivity index is 1.71. The summed E-state index contributed by atoms with van der Waals surface area (Å²) >= 11 is 0. The van der Waals surface area contributed by atoms with E-state index in [1.54, 1.807) is 24.3 Å². The Morgan fingerprint density at radius 2 is 1.35 bits per heavy atom. The summed E-state index contributed by atoms with van der Waals surface area (Å²) in [4.78, 5) is 0. The summed E-state index contributed by atoms with van der Waals surface area (Å²) in [6, 6.07) is 16.5. The van der Waals surface area contributed by atoms with E-state index in [0.717, 1.165) is 18.6 Å². The molecule has 1 saturated carbocycles. The van der Waals surface area contributed by atoms with E-state index >= 15 is 0 Å². The molecule has 0 spiro atoms. The molecule has 3 nitrogen and oxygen atoms in total. The van der Waals surface area contributed by atoms with E-state index in [1.807, 2.05) is 30.3 Å². The molecule has 1 fully saturated rings. The van der Waals surface area contributed by atoms with Crippen LogP contribution in [0, 0.1) is 0 Å². The second-order valence-electron chi connectivity index (χ2n) is 5.19. The number of aliphatic hydroxyl groups excluding tert-OH is 2. The predicted octanol–water partition coefficient (Wildman–Crippen LogP) is 2.99. The number of ether oxygens (including phenoxy) is 1. The fourth-order valence-electron chi connectivity index (χ4n) is 2.14. The number of hydrogen-bond acceptors (Lipinski definition) is 3. The highest BCUT2D eigenvalue weighted by Gasteiger charge is 2.24. The van der Waals surface area contributed by atoms with Crippen LogP contribution in [-0.2, 0) is 0 Å². The number of hydrogen-bond donors (Lipinski definition) is 2. The maximum Gasteiger partial charge on any atom is 0.119 e. The summed E-state index contributed by atoms with van der Waals surface area (Å²) in [6.45, 7) is 0. The molecule has 3 heteroatoms. The fraction of sp³-hybridized carbons (Fsp3) is 0.294. The largest absolute Gasteiger partial charge is 0.490 e. The highest BCUT2D eigenvalue weighted by molar-refractivity contribution is 5.31. The molecule has 0 aliphatic heterocycles. The molecule has 104 valence electrons. The molecule has 0 radical (unpaired) electrons. The third-order valence-corrected chi connectivity index (χ3v) is 3.49. The van der Waals surface area contributed by atoms with Gasteiger partial charge in [-0.25, -0.2) is 0 Å². The molecule has 0 aromatic heterocycles. The molecule has 1 aliphatic carbocycles. The summed E-state index contributed by atoms with van der Waals surface area (Å²) in [6.07, 6.45) is 0.744. The molecule has 2 aromatic rings. The number of aliphatic hydroxyl groups is 2. The first-order chi connectivity index (χ1) is 9.74. The first-order valence-corrected chi connectivity index (χ1v) is 6.92. The van der Waals surface area contributed by atoms with Gasteiger partial charge in [0.25, 0.3) is 0 Å². The highest BCUT2D eigenvalue weighted by Crippen LogP contribution is 2.31. The molecule has 0 amide bonds. The second-order valence-corrected chi connectivity index (χ2v) is 5.19. The zero-order chi connectivity index (χ0) is 13.9. The maximum atomic E-state index is 10.2. The number of benzene rings is 2. The molecule has 2 unspecified atom stereocenters. The predicted molar refractivity (Wildman–Crippen MR) is 76.5 cm³/mol. The maximum absolute atomic E-state index is 10.2. The van der Waals surface area contributed by atoms with E-state index in [0.29, 0.717) is 17.2 Å². The summed E-state index contributed by atoms with van der Waals surface area (Å²) in [5.41, 5.74) is 1.39. The fourth-order valence-corrected chi connectivity index (χ4v) is 2.14. The third-order valence-electron chi connectivity index (χ3n) is 3.49. The van der Waals surface area contributed by atoms with E-state index in [2.05, 4.69) is 0 Å². The minimum absolute atomic E-state index is 0.362. The summed E-state index contributed by atoms with van der Waals surface area (Å²) < 4.78 is 5.66. The molecule has 2 atom stereocenters. The normalized spacial score (nSPS) is 17.5. The zero-order valence-electron chi connectivity index (χ0n) is 11.1. The SMILES string of the molecule is OC(c1ccccc1)C(O)c1ccc(OC2CC2)cc1. The standard InChI is InChI=1S/C17H18O3/c18-16(12-4-2-1-3-5-12)17(19)13-6-8-14(9-7-13)20-15-10-11-15/h1-9,15-19H,10-11H2. The molecule has 0 heterocycles. The van der Waals surface area contributed by atoms with Gasteiger partial charge in [-0.1, -0.05) is 42.5 Å². The lowest BCUT2D eigenvalue weighted by Crippen LogP contribution is -2.10. The third kappa shape index (κ3) is 3.00. The van der Waals surface area contributed by atoms with Crippen LogP contribution in [0.4, 0.5) is 0 Å². The minimum Gasteiger partial charge on any atom is -0.490 e. The highest BCUT2D eigenvalue weighted by atomic mass is 16.5. The van der Waals surface area contributed by atoms with E-state index in [4.69, 9.17) is 4.74 Å². The van der Waals surface area contributed by atoms with Crippen molar-refractivity contribution >= 4 is 0 Å². The Morgan fingerprint density at radius 3 is 1.90 bits per heavy atom. The Morgan fingerprint density at radius 1 is 0.800 bits per heavy atom. The zero-order valence-corrected chi connectivity index (χ0v) is 11.1. The Hall–Kier alpha value is -1.84. The first-order valence-electron chi connectivity index (χ1n) is 6.92. The van der Waals surface area contributed by atoms with Gasteiger partial charge in [-0.3, -0.25) is 0 Å². The molecule has 20 heavy (non-hydrogen) atoms. The lowest BCUT2D eigenvalue weighted by molar-refractivity contribution is 0.0172. The Bertz CT molecular complexity index is 546. The van der Waals surface area contributed by atoms with Crippen molar-refractivity contribution in [1.82, 2.24) is 0 Å². The van der Waals surface area contributed by atoms with Crippen LogP contribution in [0.3, 0.4) is 0 Å². The van der Waals surface area contributed by atoms with Gasteiger partial charge < -0.3 is 14.9 Å². The lowest BCUT2D eigenvalue weighted by atomic mass is 9.98. The average molecular weight is 270 g/mol. The second kappa shape index (κ2) is 5.65. The van der Waals surface area contributed by atoms with Crippen molar-refractivity contribution in [2.24, 2.45) is 0 Å². The average Bonchev–Trinajstić information content (AvgIpc) is 3.31. The molecule has 0 bridgehead atoms. The lowest BCUT2D eigenvalue weighted by Gasteiger charge is -2.18. The van der Waals surface area contributed by atoms with Gasteiger partial charge in [0.15, 0.2) is 0 Å². The molecule has 3 rings (SSSR count). The quantitative estimate of drug-likeness (QED) is 0.878. The van der Waals surface area contributed by atoms with Crippen molar-refractivity contribution in [3.05, 3.63) is 65.7 Å². The van der Waals surface area contributed by atoms with Crippen LogP contribution in [0.25, 0.3) is 0 Å². The minimum atomic E-state index is -0.938. The van der Waals surface area contributed by atoms with Crippen LogP contribution in [0.1, 0.15) is 36.2 Å².